The average Bonchev–Trinajstić information content (AvgIpc) is 2.08. The quantitative estimate of drug-likeness (QED) is 0.748. The van der Waals surface area contributed by atoms with Crippen LogP contribution in [0.5, 0.6) is 5.75 Å². The van der Waals surface area contributed by atoms with Crippen LogP contribution in [0.4, 0.5) is 0 Å². The SMILES string of the molecule is Cc1nc(CC(O)NC(C)(C)C)ccc1O.Cl.Cl. The zero-order chi connectivity index (χ0) is 12.3. The summed E-state index contributed by atoms with van der Waals surface area (Å²) in [5, 5.41) is 22.2. The highest BCUT2D eigenvalue weighted by Gasteiger charge is 2.15. The van der Waals surface area contributed by atoms with Crippen molar-refractivity contribution in [2.45, 2.75) is 45.9 Å². The van der Waals surface area contributed by atoms with Gasteiger partial charge in [-0.05, 0) is 39.8 Å². The fourth-order valence-corrected chi connectivity index (χ4v) is 1.47. The Hall–Kier alpha value is -0.550. The van der Waals surface area contributed by atoms with Crippen LogP contribution in [0.25, 0.3) is 0 Å². The highest BCUT2D eigenvalue weighted by molar-refractivity contribution is 5.85. The first-order valence-corrected chi connectivity index (χ1v) is 5.39. The van der Waals surface area contributed by atoms with Gasteiger partial charge in [0.15, 0.2) is 0 Å². The first-order chi connectivity index (χ1) is 7.28. The summed E-state index contributed by atoms with van der Waals surface area (Å²) in [6.45, 7) is 7.71. The second-order valence-corrected chi connectivity index (χ2v) is 5.02. The Morgan fingerprint density at radius 2 is 1.83 bits per heavy atom. The molecule has 0 saturated heterocycles. The molecule has 0 saturated carbocycles. The Bertz CT molecular complexity index is 368. The number of aliphatic hydroxyl groups is 1. The van der Waals surface area contributed by atoms with Crippen LogP contribution in [0, 0.1) is 6.92 Å². The Kier molecular flexibility index (Phi) is 8.56. The maximum atomic E-state index is 9.78. The van der Waals surface area contributed by atoms with E-state index in [4.69, 9.17) is 0 Å². The molecule has 0 spiro atoms. The van der Waals surface area contributed by atoms with Crippen LogP contribution in [-0.2, 0) is 6.42 Å². The highest BCUT2D eigenvalue weighted by atomic mass is 35.5. The van der Waals surface area contributed by atoms with E-state index < -0.39 is 6.23 Å². The summed E-state index contributed by atoms with van der Waals surface area (Å²) in [6.07, 6.45) is -0.199. The lowest BCUT2D eigenvalue weighted by Crippen LogP contribution is -2.44. The minimum Gasteiger partial charge on any atom is -0.506 e. The van der Waals surface area contributed by atoms with Gasteiger partial charge in [-0.2, -0.15) is 0 Å². The normalized spacial score (nSPS) is 12.3. The van der Waals surface area contributed by atoms with Gasteiger partial charge in [-0.25, -0.2) is 0 Å². The van der Waals surface area contributed by atoms with E-state index in [-0.39, 0.29) is 36.1 Å². The lowest BCUT2D eigenvalue weighted by molar-refractivity contribution is 0.105. The van der Waals surface area contributed by atoms with Gasteiger partial charge in [0, 0.05) is 17.7 Å². The molecule has 0 amide bonds. The van der Waals surface area contributed by atoms with Gasteiger partial charge in [-0.3, -0.25) is 10.3 Å². The third kappa shape index (κ3) is 7.01. The number of nitrogens with one attached hydrogen (secondary N) is 1. The van der Waals surface area contributed by atoms with E-state index in [1.807, 2.05) is 20.8 Å². The maximum Gasteiger partial charge on any atom is 0.136 e. The van der Waals surface area contributed by atoms with Gasteiger partial charge in [-0.1, -0.05) is 0 Å². The molecule has 1 unspecified atom stereocenters. The molecule has 6 heteroatoms. The lowest BCUT2D eigenvalue weighted by atomic mass is 10.1. The number of aromatic hydroxyl groups is 1. The fourth-order valence-electron chi connectivity index (χ4n) is 1.47. The second kappa shape index (κ2) is 7.79. The molecule has 1 rings (SSSR count). The van der Waals surface area contributed by atoms with E-state index in [1.54, 1.807) is 19.1 Å². The molecule has 0 bridgehead atoms. The van der Waals surface area contributed by atoms with E-state index in [1.165, 1.54) is 0 Å². The van der Waals surface area contributed by atoms with Crippen LogP contribution >= 0.6 is 24.8 Å². The largest absolute Gasteiger partial charge is 0.506 e. The van der Waals surface area contributed by atoms with Gasteiger partial charge in [0.25, 0.3) is 0 Å². The average molecular weight is 297 g/mol. The molecule has 1 aromatic rings. The number of aliphatic hydroxyl groups excluding tert-OH is 1. The van der Waals surface area contributed by atoms with Crippen LogP contribution in [-0.4, -0.2) is 27.0 Å². The minimum absolute atomic E-state index is 0. The highest BCUT2D eigenvalue weighted by Crippen LogP contribution is 2.14. The molecule has 3 N–H and O–H groups in total. The zero-order valence-electron chi connectivity index (χ0n) is 11.1. The summed E-state index contributed by atoms with van der Waals surface area (Å²) >= 11 is 0. The molecule has 1 aromatic heterocycles. The third-order valence-electron chi connectivity index (χ3n) is 2.12. The van der Waals surface area contributed by atoms with E-state index in [2.05, 4.69) is 10.3 Å². The van der Waals surface area contributed by atoms with Gasteiger partial charge in [0.1, 0.15) is 12.0 Å². The van der Waals surface area contributed by atoms with E-state index in [0.29, 0.717) is 12.1 Å². The van der Waals surface area contributed by atoms with Gasteiger partial charge >= 0.3 is 0 Å². The van der Waals surface area contributed by atoms with Gasteiger partial charge in [0.05, 0.1) is 5.69 Å². The fraction of sp³-hybridized carbons (Fsp3) is 0.583. The Labute approximate surface area is 121 Å². The summed E-state index contributed by atoms with van der Waals surface area (Å²) < 4.78 is 0. The number of nitrogens with zero attached hydrogens (tertiary/aromatic N) is 1. The number of aryl methyl sites for hydroxylation is 1. The van der Waals surface area contributed by atoms with E-state index >= 15 is 0 Å². The first-order valence-electron chi connectivity index (χ1n) is 5.39. The number of pyridine rings is 1. The van der Waals surface area contributed by atoms with Crippen molar-refractivity contribution in [1.29, 1.82) is 0 Å². The molecule has 18 heavy (non-hydrogen) atoms. The number of aromatic nitrogens is 1. The smallest absolute Gasteiger partial charge is 0.136 e. The van der Waals surface area contributed by atoms with Crippen molar-refractivity contribution in [1.82, 2.24) is 10.3 Å². The van der Waals surface area contributed by atoms with Crippen molar-refractivity contribution in [2.75, 3.05) is 0 Å². The molecule has 0 fully saturated rings. The molecule has 0 radical (unpaired) electrons. The van der Waals surface area contributed by atoms with Gasteiger partial charge < -0.3 is 10.2 Å². The van der Waals surface area contributed by atoms with Crippen molar-refractivity contribution in [3.8, 4) is 5.75 Å². The van der Waals surface area contributed by atoms with Crippen LogP contribution < -0.4 is 5.32 Å². The van der Waals surface area contributed by atoms with Crippen LogP contribution in [0.2, 0.25) is 0 Å². The van der Waals surface area contributed by atoms with Crippen molar-refractivity contribution < 1.29 is 10.2 Å². The van der Waals surface area contributed by atoms with Crippen LogP contribution in [0.15, 0.2) is 12.1 Å². The molecule has 0 aliphatic heterocycles. The second-order valence-electron chi connectivity index (χ2n) is 5.02. The van der Waals surface area contributed by atoms with E-state index in [9.17, 15) is 10.2 Å². The summed E-state index contributed by atoms with van der Waals surface area (Å²) in [4.78, 5) is 4.19. The lowest BCUT2D eigenvalue weighted by Gasteiger charge is -2.24. The van der Waals surface area contributed by atoms with Gasteiger partial charge in [-0.15, -0.1) is 24.8 Å². The van der Waals surface area contributed by atoms with Crippen molar-refractivity contribution in [3.63, 3.8) is 0 Å². The number of hydrogen-bond donors (Lipinski definition) is 3. The molecule has 1 heterocycles. The molecule has 1 atom stereocenters. The molecule has 106 valence electrons. The monoisotopic (exact) mass is 296 g/mol. The van der Waals surface area contributed by atoms with Crippen LogP contribution in [0.3, 0.4) is 0 Å². The Balaban J connectivity index is 0. The van der Waals surface area contributed by atoms with Crippen LogP contribution in [0.1, 0.15) is 32.2 Å². The molecular weight excluding hydrogens is 275 g/mol. The predicted octanol–water partition coefficient (Wildman–Crippen LogP) is 2.19. The maximum absolute atomic E-state index is 9.78. The number of rotatable bonds is 3. The first kappa shape index (κ1) is 19.8. The number of halogens is 2. The summed E-state index contributed by atoms with van der Waals surface area (Å²) in [5.74, 6) is 0.182. The predicted molar refractivity (Wildman–Crippen MR) is 77.7 cm³/mol. The Morgan fingerprint density at radius 3 is 2.28 bits per heavy atom. The zero-order valence-corrected chi connectivity index (χ0v) is 12.7. The summed E-state index contributed by atoms with van der Waals surface area (Å²) in [7, 11) is 0. The molecule has 0 aromatic carbocycles. The standard InChI is InChI=1S/C12H20N2O2.2ClH/c1-8-10(15)6-5-9(13-8)7-11(16)14-12(2,3)4;;/h5-6,11,14-16H,7H2,1-4H3;2*1H. The molecular formula is C12H22Cl2N2O2. The molecule has 4 nitrogen and oxygen atoms in total. The molecule has 0 aliphatic rings. The van der Waals surface area contributed by atoms with Crippen molar-refractivity contribution in [3.05, 3.63) is 23.5 Å². The summed E-state index contributed by atoms with van der Waals surface area (Å²) in [5.41, 5.74) is 1.21. The number of hydrogen-bond acceptors (Lipinski definition) is 4. The molecule has 0 aliphatic carbocycles. The third-order valence-corrected chi connectivity index (χ3v) is 2.12. The Morgan fingerprint density at radius 1 is 1.28 bits per heavy atom. The van der Waals surface area contributed by atoms with Gasteiger partial charge in [0.2, 0.25) is 0 Å². The summed E-state index contributed by atoms with van der Waals surface area (Å²) in [6, 6.07) is 3.32. The van der Waals surface area contributed by atoms with E-state index in [0.717, 1.165) is 5.69 Å². The topological polar surface area (TPSA) is 65.4 Å². The van der Waals surface area contributed by atoms with Crippen molar-refractivity contribution >= 4 is 24.8 Å². The minimum atomic E-state index is -0.628. The van der Waals surface area contributed by atoms with Crippen molar-refractivity contribution in [2.24, 2.45) is 0 Å².